The summed E-state index contributed by atoms with van der Waals surface area (Å²) in [7, 11) is -2.21. The summed E-state index contributed by atoms with van der Waals surface area (Å²) in [4.78, 5) is 12.5. The van der Waals surface area contributed by atoms with Crippen molar-refractivity contribution in [1.82, 2.24) is 0 Å². The molecule has 1 aliphatic rings. The lowest BCUT2D eigenvalue weighted by atomic mass is 10.0. The van der Waals surface area contributed by atoms with Gasteiger partial charge in [0.05, 0.1) is 24.4 Å². The second-order valence-corrected chi connectivity index (χ2v) is 8.12. The fourth-order valence-electron chi connectivity index (χ4n) is 2.89. The molecule has 0 aliphatic carbocycles. The van der Waals surface area contributed by atoms with Crippen LogP contribution in [-0.2, 0) is 9.84 Å². The number of Topliss-reactive ketones (excluding diaryl/α,β-unsaturated/α-hetero) is 1. The van der Waals surface area contributed by atoms with E-state index in [1.807, 2.05) is 6.92 Å². The Morgan fingerprint density at radius 3 is 2.63 bits per heavy atom. The summed E-state index contributed by atoms with van der Waals surface area (Å²) in [6.07, 6.45) is 2.33. The van der Waals surface area contributed by atoms with E-state index in [1.165, 1.54) is 13.2 Å². The van der Waals surface area contributed by atoms with E-state index in [0.29, 0.717) is 23.7 Å². The molecule has 2 aromatic carbocycles. The highest BCUT2D eigenvalue weighted by Gasteiger charge is 2.33. The lowest BCUT2D eigenvalue weighted by Gasteiger charge is -2.18. The minimum atomic E-state index is -3.71. The smallest absolute Gasteiger partial charge is 0.191 e. The normalized spacial score (nSPS) is 16.9. The van der Waals surface area contributed by atoms with Crippen molar-refractivity contribution in [3.05, 3.63) is 58.9 Å². The fourth-order valence-corrected chi connectivity index (χ4v) is 4.43. The molecule has 0 aromatic heterocycles. The van der Waals surface area contributed by atoms with Crippen LogP contribution in [0.2, 0.25) is 0 Å². The highest BCUT2D eigenvalue weighted by Crippen LogP contribution is 2.32. The predicted molar refractivity (Wildman–Crippen MR) is 99.5 cm³/mol. The number of hydrogen-bond donors (Lipinski definition) is 0. The maximum atomic E-state index is 13.5. The average Bonchev–Trinajstić information content (AvgIpc) is 2.64. The number of carbonyl (C=O) groups is 1. The zero-order valence-corrected chi connectivity index (χ0v) is 15.8. The third-order valence-corrected chi connectivity index (χ3v) is 5.87. The molecule has 0 N–H and O–H groups in total. The van der Waals surface area contributed by atoms with Gasteiger partial charge in [0.25, 0.3) is 0 Å². The molecule has 7 heteroatoms. The van der Waals surface area contributed by atoms with Gasteiger partial charge in [-0.25, -0.2) is 12.8 Å². The number of ketones is 1. The number of fused-ring (bicyclic) bond motifs is 1. The van der Waals surface area contributed by atoms with E-state index in [-0.39, 0.29) is 16.0 Å². The lowest BCUT2D eigenvalue weighted by Crippen LogP contribution is -2.24. The zero-order valence-electron chi connectivity index (χ0n) is 15.0. The molecule has 5 nitrogen and oxygen atoms in total. The largest absolute Gasteiger partial charge is 0.493 e. The number of benzene rings is 2. The van der Waals surface area contributed by atoms with Gasteiger partial charge in [-0.05, 0) is 48.4 Å². The number of halogens is 1. The summed E-state index contributed by atoms with van der Waals surface area (Å²) in [5.41, 5.74) is 0.536. The highest BCUT2D eigenvalue weighted by molar-refractivity contribution is 7.91. The number of methoxy groups -OCH3 is 1. The molecule has 2 aromatic rings. The maximum Gasteiger partial charge on any atom is 0.191 e. The van der Waals surface area contributed by atoms with Gasteiger partial charge in [0.1, 0.15) is 5.82 Å². The maximum absolute atomic E-state index is 13.5. The van der Waals surface area contributed by atoms with Gasteiger partial charge in [-0.3, -0.25) is 4.79 Å². The molecular weight excluding hydrogens is 371 g/mol. The fraction of sp³-hybridized carbons (Fsp3) is 0.250. The summed E-state index contributed by atoms with van der Waals surface area (Å²) in [6, 6.07) is 8.22. The molecule has 0 spiro atoms. The Morgan fingerprint density at radius 1 is 1.15 bits per heavy atom. The number of carbonyl (C=O) groups excluding carboxylic acids is 1. The van der Waals surface area contributed by atoms with E-state index >= 15 is 0 Å². The molecule has 27 heavy (non-hydrogen) atoms. The molecule has 0 saturated carbocycles. The van der Waals surface area contributed by atoms with Crippen molar-refractivity contribution in [2.75, 3.05) is 19.5 Å². The minimum absolute atomic E-state index is 0.0809. The van der Waals surface area contributed by atoms with E-state index in [0.717, 1.165) is 24.6 Å². The summed E-state index contributed by atoms with van der Waals surface area (Å²) in [5.74, 6) is -0.532. The molecule has 0 amide bonds. The molecule has 0 fully saturated rings. The van der Waals surface area contributed by atoms with Crippen LogP contribution in [0.5, 0.6) is 11.5 Å². The number of hydrogen-bond acceptors (Lipinski definition) is 5. The Balaban J connectivity index is 2.01. The third-order valence-electron chi connectivity index (χ3n) is 4.15. The predicted octanol–water partition coefficient (Wildman–Crippen LogP) is 3.68. The Hall–Kier alpha value is -2.67. The second kappa shape index (κ2) is 7.52. The van der Waals surface area contributed by atoms with Crippen molar-refractivity contribution in [2.24, 2.45) is 0 Å². The van der Waals surface area contributed by atoms with Crippen molar-refractivity contribution < 1.29 is 27.1 Å². The minimum Gasteiger partial charge on any atom is -0.493 e. The summed E-state index contributed by atoms with van der Waals surface area (Å²) in [6.45, 7) is 2.52. The van der Waals surface area contributed by atoms with Crippen LogP contribution in [0.25, 0.3) is 6.08 Å². The van der Waals surface area contributed by atoms with Crippen LogP contribution in [0.1, 0.15) is 29.3 Å². The first-order valence-corrected chi connectivity index (χ1v) is 10.1. The standard InChI is InChI=1S/C20H19FO5S/c1-3-8-26-17-6-4-13(10-18(17)25-2)9-14-12-27(23,24)19-7-5-15(21)11-16(19)20(14)22/h4-7,9-11H,3,8,12H2,1-2H3/b14-9-. The SMILES string of the molecule is CCCOc1ccc(/C=C2/CS(=O)(=O)c3ccc(F)cc3C2=O)cc1OC. The van der Waals surface area contributed by atoms with E-state index in [4.69, 9.17) is 9.47 Å². The Morgan fingerprint density at radius 2 is 1.93 bits per heavy atom. The van der Waals surface area contributed by atoms with Crippen LogP contribution in [0.3, 0.4) is 0 Å². The van der Waals surface area contributed by atoms with Crippen molar-refractivity contribution in [1.29, 1.82) is 0 Å². The van der Waals surface area contributed by atoms with Crippen LogP contribution in [0.4, 0.5) is 4.39 Å². The number of sulfone groups is 1. The van der Waals surface area contributed by atoms with Crippen LogP contribution in [-0.4, -0.2) is 33.7 Å². The molecule has 1 aliphatic heterocycles. The van der Waals surface area contributed by atoms with Gasteiger partial charge in [-0.2, -0.15) is 0 Å². The van der Waals surface area contributed by atoms with Gasteiger partial charge in [0, 0.05) is 11.1 Å². The van der Waals surface area contributed by atoms with Crippen molar-refractivity contribution in [3.63, 3.8) is 0 Å². The van der Waals surface area contributed by atoms with E-state index < -0.39 is 27.2 Å². The van der Waals surface area contributed by atoms with Crippen molar-refractivity contribution >= 4 is 21.7 Å². The van der Waals surface area contributed by atoms with Gasteiger partial charge >= 0.3 is 0 Å². The summed E-state index contributed by atoms with van der Waals surface area (Å²) < 4.78 is 49.3. The van der Waals surface area contributed by atoms with E-state index in [1.54, 1.807) is 18.2 Å². The first-order valence-electron chi connectivity index (χ1n) is 8.44. The Kier molecular flexibility index (Phi) is 5.32. The first-order chi connectivity index (χ1) is 12.9. The van der Waals surface area contributed by atoms with Gasteiger partial charge in [0.2, 0.25) is 0 Å². The Bertz CT molecular complexity index is 1020. The molecule has 3 rings (SSSR count). The molecule has 0 saturated heterocycles. The quantitative estimate of drug-likeness (QED) is 0.575. The van der Waals surface area contributed by atoms with Crippen LogP contribution in [0, 0.1) is 5.82 Å². The zero-order chi connectivity index (χ0) is 19.6. The highest BCUT2D eigenvalue weighted by atomic mass is 32.2. The van der Waals surface area contributed by atoms with E-state index in [2.05, 4.69) is 0 Å². The van der Waals surface area contributed by atoms with E-state index in [9.17, 15) is 17.6 Å². The molecule has 142 valence electrons. The van der Waals surface area contributed by atoms with Crippen LogP contribution in [0.15, 0.2) is 46.9 Å². The Labute approximate surface area is 157 Å². The monoisotopic (exact) mass is 390 g/mol. The third kappa shape index (κ3) is 3.88. The summed E-state index contributed by atoms with van der Waals surface area (Å²) >= 11 is 0. The van der Waals surface area contributed by atoms with Gasteiger partial charge < -0.3 is 9.47 Å². The molecular formula is C20H19FO5S. The van der Waals surface area contributed by atoms with Crippen LogP contribution >= 0.6 is 0 Å². The first kappa shape index (κ1) is 19.1. The van der Waals surface area contributed by atoms with Gasteiger partial charge in [0.15, 0.2) is 27.1 Å². The van der Waals surface area contributed by atoms with Crippen molar-refractivity contribution in [2.45, 2.75) is 18.2 Å². The van der Waals surface area contributed by atoms with Crippen LogP contribution < -0.4 is 9.47 Å². The topological polar surface area (TPSA) is 69.7 Å². The molecule has 0 radical (unpaired) electrons. The second-order valence-electron chi connectivity index (χ2n) is 6.16. The molecule has 0 bridgehead atoms. The number of ether oxygens (including phenoxy) is 2. The van der Waals surface area contributed by atoms with Gasteiger partial charge in [-0.15, -0.1) is 0 Å². The molecule has 0 unspecified atom stereocenters. The van der Waals surface area contributed by atoms with Gasteiger partial charge in [-0.1, -0.05) is 13.0 Å². The molecule has 0 atom stereocenters. The lowest BCUT2D eigenvalue weighted by molar-refractivity contribution is 0.103. The molecule has 1 heterocycles. The van der Waals surface area contributed by atoms with Crippen molar-refractivity contribution in [3.8, 4) is 11.5 Å². The average molecular weight is 390 g/mol. The number of rotatable bonds is 5. The summed E-state index contributed by atoms with van der Waals surface area (Å²) in [5, 5.41) is 0.